The molecule has 0 radical (unpaired) electrons. The summed E-state index contributed by atoms with van der Waals surface area (Å²) in [5.74, 6) is 2.00. The number of aryl methyl sites for hydroxylation is 1. The third-order valence-corrected chi connectivity index (χ3v) is 3.91. The summed E-state index contributed by atoms with van der Waals surface area (Å²) in [5, 5.41) is 6.62. The number of aliphatic imine (C=N–C) groups is 1. The minimum absolute atomic E-state index is 0. The number of thioether (sulfide) groups is 1. The number of aromatic nitrogens is 2. The molecular weight excluding hydrogens is 421 g/mol. The highest BCUT2D eigenvalue weighted by Gasteiger charge is 2.01. The Morgan fingerprint density at radius 2 is 2.13 bits per heavy atom. The van der Waals surface area contributed by atoms with E-state index in [0.717, 1.165) is 49.8 Å². The van der Waals surface area contributed by atoms with E-state index in [1.807, 2.05) is 30.2 Å². The summed E-state index contributed by atoms with van der Waals surface area (Å²) in [6.45, 7) is 5.66. The lowest BCUT2D eigenvalue weighted by molar-refractivity contribution is 0.662. The highest BCUT2D eigenvalue weighted by Crippen LogP contribution is 2.11. The van der Waals surface area contributed by atoms with E-state index in [1.54, 1.807) is 0 Å². The van der Waals surface area contributed by atoms with Gasteiger partial charge in [0.15, 0.2) is 5.96 Å². The van der Waals surface area contributed by atoms with Gasteiger partial charge in [-0.25, -0.2) is 4.98 Å². The first-order valence-corrected chi connectivity index (χ1v) is 9.15. The Balaban J connectivity index is 0.00000264. The maximum Gasteiger partial charge on any atom is 0.191 e. The van der Waals surface area contributed by atoms with Crippen molar-refractivity contribution in [3.8, 4) is 0 Å². The van der Waals surface area contributed by atoms with Gasteiger partial charge >= 0.3 is 0 Å². The predicted molar refractivity (Wildman–Crippen MR) is 112 cm³/mol. The van der Waals surface area contributed by atoms with Gasteiger partial charge in [0.2, 0.25) is 0 Å². The first kappa shape index (κ1) is 20.1. The second kappa shape index (κ2) is 11.6. The number of fused-ring (bicyclic) bond motifs is 1. The highest BCUT2D eigenvalue weighted by molar-refractivity contribution is 14.0. The average Bonchev–Trinajstić information content (AvgIpc) is 2.95. The molecule has 5 nitrogen and oxygen atoms in total. The van der Waals surface area contributed by atoms with Crippen molar-refractivity contribution in [2.24, 2.45) is 4.99 Å². The molecule has 0 bridgehead atoms. The molecule has 0 fully saturated rings. The van der Waals surface area contributed by atoms with Crippen LogP contribution in [0, 0.1) is 0 Å². The predicted octanol–water partition coefficient (Wildman–Crippen LogP) is 2.96. The first-order chi connectivity index (χ1) is 10.8. The van der Waals surface area contributed by atoms with Crippen molar-refractivity contribution < 1.29 is 0 Å². The molecule has 0 unspecified atom stereocenters. The van der Waals surface area contributed by atoms with E-state index in [9.17, 15) is 0 Å². The Kier molecular flexibility index (Phi) is 10.1. The van der Waals surface area contributed by atoms with Crippen molar-refractivity contribution in [3.05, 3.63) is 30.6 Å². The molecule has 7 heteroatoms. The number of nitrogens with zero attached hydrogens (tertiary/aromatic N) is 3. The normalized spacial score (nSPS) is 11.3. The van der Waals surface area contributed by atoms with Gasteiger partial charge in [-0.2, -0.15) is 11.8 Å². The van der Waals surface area contributed by atoms with Crippen LogP contribution >= 0.6 is 35.7 Å². The van der Waals surface area contributed by atoms with Crippen LogP contribution in [0.1, 0.15) is 13.3 Å². The van der Waals surface area contributed by atoms with Gasteiger partial charge in [0.25, 0.3) is 0 Å². The lowest BCUT2D eigenvalue weighted by atomic mass is 10.3. The molecule has 1 aromatic carbocycles. The van der Waals surface area contributed by atoms with Gasteiger partial charge in [-0.1, -0.05) is 12.1 Å². The number of para-hydroxylation sites is 2. The van der Waals surface area contributed by atoms with Gasteiger partial charge in [-0.3, -0.25) is 4.99 Å². The smallest absolute Gasteiger partial charge is 0.191 e. The molecule has 0 saturated heterocycles. The molecule has 0 atom stereocenters. The number of halogens is 1. The second-order valence-electron chi connectivity index (χ2n) is 4.96. The summed E-state index contributed by atoms with van der Waals surface area (Å²) in [4.78, 5) is 9.03. The molecule has 1 aromatic heterocycles. The standard InChI is InChI=1S/C16H25N5S.HI/c1-3-17-16(19-10-12-22-2)18-9-6-11-21-13-20-14-7-4-5-8-15(14)21;/h4-5,7-8,13H,3,6,9-12H2,1-2H3,(H2,17,18,19);1H. The SMILES string of the molecule is CCNC(=NCCCn1cnc2ccccc21)NCCSC.I. The zero-order valence-electron chi connectivity index (χ0n) is 13.8. The minimum atomic E-state index is 0. The third-order valence-electron chi connectivity index (χ3n) is 3.30. The van der Waals surface area contributed by atoms with Crippen molar-refractivity contribution in [1.29, 1.82) is 0 Å². The Labute approximate surface area is 159 Å². The maximum atomic E-state index is 4.62. The van der Waals surface area contributed by atoms with Crippen LogP contribution < -0.4 is 10.6 Å². The molecule has 0 aliphatic heterocycles. The minimum Gasteiger partial charge on any atom is -0.357 e. The van der Waals surface area contributed by atoms with Crippen molar-refractivity contribution in [2.75, 3.05) is 31.6 Å². The summed E-state index contributed by atoms with van der Waals surface area (Å²) in [5.41, 5.74) is 2.24. The number of imidazole rings is 1. The summed E-state index contributed by atoms with van der Waals surface area (Å²) in [6.07, 6.45) is 5.02. The monoisotopic (exact) mass is 447 g/mol. The van der Waals surface area contributed by atoms with Gasteiger partial charge in [0.1, 0.15) is 0 Å². The number of rotatable bonds is 8. The van der Waals surface area contributed by atoms with Crippen molar-refractivity contribution in [2.45, 2.75) is 19.9 Å². The maximum absolute atomic E-state index is 4.62. The number of hydrogen-bond donors (Lipinski definition) is 2. The van der Waals surface area contributed by atoms with Crippen LogP contribution in [-0.4, -0.2) is 47.2 Å². The quantitative estimate of drug-likeness (QED) is 0.283. The topological polar surface area (TPSA) is 54.2 Å². The Morgan fingerprint density at radius 3 is 2.91 bits per heavy atom. The summed E-state index contributed by atoms with van der Waals surface area (Å²) < 4.78 is 2.19. The van der Waals surface area contributed by atoms with Crippen molar-refractivity contribution in [3.63, 3.8) is 0 Å². The van der Waals surface area contributed by atoms with Gasteiger partial charge in [0.05, 0.1) is 17.4 Å². The van der Waals surface area contributed by atoms with Gasteiger partial charge in [-0.15, -0.1) is 24.0 Å². The zero-order valence-corrected chi connectivity index (χ0v) is 16.9. The van der Waals surface area contributed by atoms with Crippen molar-refractivity contribution in [1.82, 2.24) is 20.2 Å². The fraction of sp³-hybridized carbons (Fsp3) is 0.500. The molecule has 1 heterocycles. The third kappa shape index (κ3) is 6.58. The molecule has 128 valence electrons. The van der Waals surface area contributed by atoms with E-state index in [1.165, 1.54) is 5.52 Å². The summed E-state index contributed by atoms with van der Waals surface area (Å²) in [7, 11) is 0. The molecule has 0 amide bonds. The Bertz CT molecular complexity index is 599. The Morgan fingerprint density at radius 1 is 1.30 bits per heavy atom. The van der Waals surface area contributed by atoms with E-state index in [2.05, 4.69) is 50.5 Å². The summed E-state index contributed by atoms with van der Waals surface area (Å²) in [6, 6.07) is 8.23. The zero-order chi connectivity index (χ0) is 15.6. The molecule has 0 saturated carbocycles. The van der Waals surface area contributed by atoms with Gasteiger partial charge < -0.3 is 15.2 Å². The van der Waals surface area contributed by atoms with Crippen LogP contribution in [0.4, 0.5) is 0 Å². The highest BCUT2D eigenvalue weighted by atomic mass is 127. The van der Waals surface area contributed by atoms with Crippen LogP contribution in [0.3, 0.4) is 0 Å². The van der Waals surface area contributed by atoms with Crippen LogP contribution in [0.15, 0.2) is 35.6 Å². The first-order valence-electron chi connectivity index (χ1n) is 7.76. The molecule has 23 heavy (non-hydrogen) atoms. The molecule has 0 spiro atoms. The van der Waals surface area contributed by atoms with Crippen LogP contribution in [0.2, 0.25) is 0 Å². The fourth-order valence-corrected chi connectivity index (χ4v) is 2.54. The van der Waals surface area contributed by atoms with E-state index < -0.39 is 0 Å². The second-order valence-corrected chi connectivity index (χ2v) is 5.95. The van der Waals surface area contributed by atoms with Gasteiger partial charge in [-0.05, 0) is 31.7 Å². The van der Waals surface area contributed by atoms with E-state index >= 15 is 0 Å². The van der Waals surface area contributed by atoms with E-state index in [-0.39, 0.29) is 24.0 Å². The average molecular weight is 447 g/mol. The molecule has 2 rings (SSSR count). The lowest BCUT2D eigenvalue weighted by Gasteiger charge is -2.10. The lowest BCUT2D eigenvalue weighted by Crippen LogP contribution is -2.38. The van der Waals surface area contributed by atoms with Gasteiger partial charge in [0, 0.05) is 31.9 Å². The number of nitrogens with one attached hydrogen (secondary N) is 2. The van der Waals surface area contributed by atoms with Crippen LogP contribution in [0.5, 0.6) is 0 Å². The van der Waals surface area contributed by atoms with E-state index in [0.29, 0.717) is 0 Å². The molecule has 2 aromatic rings. The number of guanidine groups is 1. The number of hydrogen-bond acceptors (Lipinski definition) is 3. The number of benzene rings is 1. The molecule has 2 N–H and O–H groups in total. The Hall–Kier alpha value is -0.960. The van der Waals surface area contributed by atoms with E-state index in [4.69, 9.17) is 0 Å². The molecule has 0 aliphatic rings. The largest absolute Gasteiger partial charge is 0.357 e. The van der Waals surface area contributed by atoms with Crippen molar-refractivity contribution >= 4 is 52.7 Å². The molecular formula is C16H26IN5S. The fourth-order valence-electron chi connectivity index (χ4n) is 2.23. The summed E-state index contributed by atoms with van der Waals surface area (Å²) >= 11 is 1.83. The van der Waals surface area contributed by atoms with Crippen LogP contribution in [0.25, 0.3) is 11.0 Å². The molecule has 0 aliphatic carbocycles. The van der Waals surface area contributed by atoms with Crippen LogP contribution in [-0.2, 0) is 6.54 Å².